The maximum absolute atomic E-state index is 2.66. The molecule has 3 unspecified atom stereocenters. The molecule has 0 saturated heterocycles. The van der Waals surface area contributed by atoms with Crippen LogP contribution >= 0.6 is 0 Å². The van der Waals surface area contributed by atoms with E-state index in [1.165, 1.54) is 82.0 Å². The van der Waals surface area contributed by atoms with Crippen LogP contribution in [0, 0.1) is 5.92 Å². The van der Waals surface area contributed by atoms with Gasteiger partial charge in [0.15, 0.2) is 0 Å². The molecule has 1 heterocycles. The van der Waals surface area contributed by atoms with Crippen molar-refractivity contribution in [3.63, 3.8) is 0 Å². The molecule has 252 valence electrons. The lowest BCUT2D eigenvalue weighted by molar-refractivity contribution is 0.617. The van der Waals surface area contributed by atoms with Crippen molar-refractivity contribution in [2.24, 2.45) is 5.92 Å². The summed E-state index contributed by atoms with van der Waals surface area (Å²) >= 11 is 0. The zero-order valence-corrected chi connectivity index (χ0v) is 29.4. The first kappa shape index (κ1) is 31.4. The van der Waals surface area contributed by atoms with Crippen molar-refractivity contribution in [1.82, 2.24) is 4.57 Å². The fraction of sp³-hybridized carbons (Fsp3) is 0.333. The summed E-state index contributed by atoms with van der Waals surface area (Å²) in [7, 11) is 0. The summed E-state index contributed by atoms with van der Waals surface area (Å²) in [6.07, 6.45) is 55.5. The molecule has 2 aromatic rings. The summed E-state index contributed by atoms with van der Waals surface area (Å²) in [6.45, 7) is 0. The van der Waals surface area contributed by atoms with Gasteiger partial charge in [-0.25, -0.2) is 0 Å². The Kier molecular flexibility index (Phi) is 8.79. The van der Waals surface area contributed by atoms with Crippen LogP contribution in [-0.4, -0.2) is 10.6 Å². The van der Waals surface area contributed by atoms with E-state index in [1.807, 2.05) is 0 Å². The Morgan fingerprint density at radius 1 is 0.660 bits per heavy atom. The molecule has 3 atom stereocenters. The predicted molar refractivity (Wildman–Crippen MR) is 213 cm³/mol. The molecule has 0 aliphatic heterocycles. The van der Waals surface area contributed by atoms with E-state index in [2.05, 4.69) is 137 Å². The fourth-order valence-corrected chi connectivity index (χ4v) is 9.46. The highest BCUT2D eigenvalue weighted by molar-refractivity contribution is 5.75. The minimum Gasteiger partial charge on any atom is -0.338 e. The molecule has 7 aliphatic rings. The van der Waals surface area contributed by atoms with E-state index in [9.17, 15) is 0 Å². The second-order valence-corrected chi connectivity index (χ2v) is 15.0. The van der Waals surface area contributed by atoms with Crippen molar-refractivity contribution >= 4 is 23.5 Å². The monoisotopic (exact) mass is 654 g/mol. The minimum atomic E-state index is 0.295. The van der Waals surface area contributed by atoms with E-state index in [-0.39, 0.29) is 0 Å². The number of aromatic nitrogens is 1. The van der Waals surface area contributed by atoms with Gasteiger partial charge in [0.2, 0.25) is 0 Å². The first-order chi connectivity index (χ1) is 24.8. The number of hydrogen-bond donors (Lipinski definition) is 0. The molecule has 0 fully saturated rings. The van der Waals surface area contributed by atoms with Gasteiger partial charge in [0.1, 0.15) is 0 Å². The fourth-order valence-electron chi connectivity index (χ4n) is 9.46. The van der Waals surface area contributed by atoms with Crippen LogP contribution in [-0.2, 0) is 12.8 Å². The van der Waals surface area contributed by atoms with Crippen LogP contribution in [0.3, 0.4) is 0 Å². The average Bonchev–Trinajstić information content (AvgIpc) is 3.54. The molecule has 0 radical (unpaired) electrons. The molecule has 0 saturated carbocycles. The third-order valence-corrected chi connectivity index (χ3v) is 12.1. The molecule has 1 aromatic carbocycles. The highest BCUT2D eigenvalue weighted by atomic mass is 15.2. The van der Waals surface area contributed by atoms with Crippen molar-refractivity contribution in [1.29, 1.82) is 0 Å². The van der Waals surface area contributed by atoms with Gasteiger partial charge in [0.05, 0.1) is 6.04 Å². The van der Waals surface area contributed by atoms with Crippen LogP contribution in [0.2, 0.25) is 0 Å². The van der Waals surface area contributed by atoms with Crippen molar-refractivity contribution < 1.29 is 0 Å². The number of hydrogen-bond acceptors (Lipinski definition) is 1. The Morgan fingerprint density at radius 2 is 1.56 bits per heavy atom. The molecule has 7 aliphatic carbocycles. The number of rotatable bonds is 7. The standard InChI is InChI=1S/C48H50N2/c1-3-13-35(14-4-1)37-23-29-40(30-24-37)49(41-31-25-38(26-32-41)36-15-5-2-6-16-36)42-33-27-39(28-34-42)43-17-7-10-20-46(43)50-47-21-11-8-18-44(47)45-19-9-12-22-48(45)50/h1,3,5,7-8,10,12,15-16,18,20,22-25,27-31,33,35,42-43H,2,4,6,9,11,13-14,17,19,21,26,32,34H2. The molecular formula is C48H50N2. The molecule has 1 aromatic heterocycles. The highest BCUT2D eigenvalue weighted by Gasteiger charge is 2.31. The topological polar surface area (TPSA) is 8.17 Å². The molecule has 0 spiro atoms. The number of nitrogens with zero attached hydrogens (tertiary/aromatic N) is 2. The largest absolute Gasteiger partial charge is 0.338 e. The molecular weight excluding hydrogens is 605 g/mol. The van der Waals surface area contributed by atoms with Crippen LogP contribution in [0.25, 0.3) is 17.8 Å². The van der Waals surface area contributed by atoms with Gasteiger partial charge in [-0.15, -0.1) is 0 Å². The first-order valence-corrected chi connectivity index (χ1v) is 19.5. The highest BCUT2D eigenvalue weighted by Crippen LogP contribution is 2.43. The van der Waals surface area contributed by atoms with Crippen LogP contribution in [0.1, 0.15) is 105 Å². The minimum absolute atomic E-state index is 0.295. The molecule has 0 N–H and O–H groups in total. The Morgan fingerprint density at radius 3 is 2.36 bits per heavy atom. The third kappa shape index (κ3) is 5.97. The maximum atomic E-state index is 2.66. The van der Waals surface area contributed by atoms with Gasteiger partial charge in [0, 0.05) is 34.4 Å². The van der Waals surface area contributed by atoms with Crippen LogP contribution < -0.4 is 4.90 Å². The average molecular weight is 655 g/mol. The zero-order chi connectivity index (χ0) is 33.3. The maximum Gasteiger partial charge on any atom is 0.0556 e. The Labute approximate surface area is 299 Å². The van der Waals surface area contributed by atoms with Crippen molar-refractivity contribution in [3.8, 4) is 0 Å². The van der Waals surface area contributed by atoms with E-state index in [4.69, 9.17) is 0 Å². The Hall–Kier alpha value is -4.56. The van der Waals surface area contributed by atoms with Crippen molar-refractivity contribution in [3.05, 3.63) is 166 Å². The number of benzene rings is 1. The van der Waals surface area contributed by atoms with E-state index in [0.717, 1.165) is 57.8 Å². The number of fused-ring (bicyclic) bond motifs is 3. The summed E-state index contributed by atoms with van der Waals surface area (Å²) in [4.78, 5) is 2.65. The zero-order valence-electron chi connectivity index (χ0n) is 29.4. The van der Waals surface area contributed by atoms with Crippen LogP contribution in [0.15, 0.2) is 138 Å². The lowest BCUT2D eigenvalue weighted by atomic mass is 9.84. The van der Waals surface area contributed by atoms with Gasteiger partial charge < -0.3 is 9.47 Å². The van der Waals surface area contributed by atoms with Crippen LogP contribution in [0.4, 0.5) is 5.69 Å². The van der Waals surface area contributed by atoms with Gasteiger partial charge in [0.25, 0.3) is 0 Å². The summed E-state index contributed by atoms with van der Waals surface area (Å²) < 4.78 is 2.66. The molecule has 2 heteroatoms. The van der Waals surface area contributed by atoms with E-state index < -0.39 is 0 Å². The molecule has 50 heavy (non-hydrogen) atoms. The second kappa shape index (κ2) is 14.0. The molecule has 0 amide bonds. The molecule has 9 rings (SSSR count). The summed E-state index contributed by atoms with van der Waals surface area (Å²) in [5.41, 5.74) is 16.0. The molecule has 2 nitrogen and oxygen atoms in total. The van der Waals surface area contributed by atoms with E-state index in [1.54, 1.807) is 5.56 Å². The lowest BCUT2D eigenvalue weighted by Gasteiger charge is -2.37. The first-order valence-electron chi connectivity index (χ1n) is 19.5. The molecule has 0 bridgehead atoms. The number of allylic oxidation sites excluding steroid dienone is 18. The summed E-state index contributed by atoms with van der Waals surface area (Å²) in [5, 5.41) is 0. The predicted octanol–water partition coefficient (Wildman–Crippen LogP) is 12.3. The van der Waals surface area contributed by atoms with Crippen molar-refractivity contribution in [2.75, 3.05) is 4.90 Å². The smallest absolute Gasteiger partial charge is 0.0556 e. The van der Waals surface area contributed by atoms with E-state index in [0.29, 0.717) is 17.9 Å². The Balaban J connectivity index is 1.02. The normalized spacial score (nSPS) is 25.3. The van der Waals surface area contributed by atoms with Gasteiger partial charge in [-0.3, -0.25) is 0 Å². The summed E-state index contributed by atoms with van der Waals surface area (Å²) in [5.74, 6) is 1.01. The van der Waals surface area contributed by atoms with Gasteiger partial charge in [-0.1, -0.05) is 97.2 Å². The van der Waals surface area contributed by atoms with Gasteiger partial charge in [-0.05, 0) is 153 Å². The SMILES string of the molecule is C1=CCC(C2=CCC(N(C3=CC=C(C4=CCCC=C4)CC3)c3ccc(C4CC=CCC4)cc3)C=C2)C(n2c3c(c4c2CCC=C4)CCC=C3)=C1. The van der Waals surface area contributed by atoms with Gasteiger partial charge in [-0.2, -0.15) is 0 Å². The third-order valence-electron chi connectivity index (χ3n) is 12.1. The second-order valence-electron chi connectivity index (χ2n) is 15.0. The quantitative estimate of drug-likeness (QED) is 0.270. The van der Waals surface area contributed by atoms with E-state index >= 15 is 0 Å². The Bertz CT molecular complexity index is 1990. The van der Waals surface area contributed by atoms with Gasteiger partial charge >= 0.3 is 0 Å². The van der Waals surface area contributed by atoms with Crippen LogP contribution in [0.5, 0.6) is 0 Å². The number of anilines is 1. The van der Waals surface area contributed by atoms with Crippen molar-refractivity contribution in [2.45, 2.75) is 95.4 Å². The summed E-state index contributed by atoms with van der Waals surface area (Å²) in [6, 6.07) is 9.93. The lowest BCUT2D eigenvalue weighted by Crippen LogP contribution is -2.35.